The second kappa shape index (κ2) is 6.62. The van der Waals surface area contributed by atoms with Crippen LogP contribution >= 0.6 is 11.6 Å². The number of pyridine rings is 1. The zero-order valence-electron chi connectivity index (χ0n) is 13.7. The van der Waals surface area contributed by atoms with Gasteiger partial charge in [-0.1, -0.05) is 17.7 Å². The van der Waals surface area contributed by atoms with E-state index in [-0.39, 0.29) is 17.6 Å². The number of aromatic nitrogens is 1. The topological polar surface area (TPSA) is 51.7 Å². The van der Waals surface area contributed by atoms with Gasteiger partial charge in [-0.2, -0.15) is 0 Å². The summed E-state index contributed by atoms with van der Waals surface area (Å²) in [6.07, 6.45) is 5.59. The first-order valence-corrected chi connectivity index (χ1v) is 9.19. The summed E-state index contributed by atoms with van der Waals surface area (Å²) in [6, 6.07) is 5.15. The van der Waals surface area contributed by atoms with Crippen molar-refractivity contribution in [1.29, 1.82) is 0 Å². The molecule has 5 nitrogen and oxygen atoms in total. The monoisotopic (exact) mass is 350 g/mol. The van der Waals surface area contributed by atoms with Crippen LogP contribution in [0, 0.1) is 5.92 Å². The smallest absolute Gasteiger partial charge is 0.272 e. The van der Waals surface area contributed by atoms with Crippen molar-refractivity contribution in [2.45, 2.75) is 43.8 Å². The predicted molar refractivity (Wildman–Crippen MR) is 90.1 cm³/mol. The molecule has 1 amide bonds. The van der Waals surface area contributed by atoms with Crippen LogP contribution in [0.3, 0.4) is 0 Å². The van der Waals surface area contributed by atoms with Crippen LogP contribution in [-0.4, -0.2) is 53.8 Å². The SMILES string of the molecule is O=C(c1cccc(Cl)n1)N1CCC[C@@]2(C[C@@H](OCC3CC3)CO2)C1. The fourth-order valence-corrected chi connectivity index (χ4v) is 3.88. The molecule has 0 unspecified atom stereocenters. The Morgan fingerprint density at radius 2 is 2.33 bits per heavy atom. The highest BCUT2D eigenvalue weighted by molar-refractivity contribution is 6.29. The molecule has 3 fully saturated rings. The third-order valence-corrected chi connectivity index (χ3v) is 5.41. The number of hydrogen-bond donors (Lipinski definition) is 0. The molecule has 0 radical (unpaired) electrons. The third-order valence-electron chi connectivity index (χ3n) is 5.20. The zero-order valence-corrected chi connectivity index (χ0v) is 14.5. The van der Waals surface area contributed by atoms with Crippen molar-refractivity contribution < 1.29 is 14.3 Å². The lowest BCUT2D eigenvalue weighted by atomic mass is 9.89. The van der Waals surface area contributed by atoms with Gasteiger partial charge in [-0.25, -0.2) is 4.98 Å². The Bertz CT molecular complexity index is 622. The maximum Gasteiger partial charge on any atom is 0.272 e. The minimum Gasteiger partial charge on any atom is -0.375 e. The van der Waals surface area contributed by atoms with E-state index in [0.717, 1.165) is 38.3 Å². The van der Waals surface area contributed by atoms with Crippen LogP contribution in [0.25, 0.3) is 0 Å². The van der Waals surface area contributed by atoms with Gasteiger partial charge in [0.05, 0.1) is 24.9 Å². The summed E-state index contributed by atoms with van der Waals surface area (Å²) in [5.74, 6) is 0.697. The van der Waals surface area contributed by atoms with Crippen molar-refractivity contribution in [3.05, 3.63) is 29.0 Å². The quantitative estimate of drug-likeness (QED) is 0.783. The second-order valence-electron chi connectivity index (χ2n) is 7.27. The van der Waals surface area contributed by atoms with Gasteiger partial charge in [0, 0.05) is 19.6 Å². The highest BCUT2D eigenvalue weighted by Gasteiger charge is 2.45. The maximum atomic E-state index is 12.7. The minimum absolute atomic E-state index is 0.0671. The van der Waals surface area contributed by atoms with E-state index >= 15 is 0 Å². The molecule has 0 bridgehead atoms. The highest BCUT2D eigenvalue weighted by atomic mass is 35.5. The molecule has 2 atom stereocenters. The van der Waals surface area contributed by atoms with E-state index in [0.29, 0.717) is 24.0 Å². The molecule has 6 heteroatoms. The van der Waals surface area contributed by atoms with Crippen LogP contribution in [0.5, 0.6) is 0 Å². The van der Waals surface area contributed by atoms with Crippen molar-refractivity contribution in [3.63, 3.8) is 0 Å². The van der Waals surface area contributed by atoms with Crippen LogP contribution < -0.4 is 0 Å². The first kappa shape index (κ1) is 16.3. The summed E-state index contributed by atoms with van der Waals surface area (Å²) >= 11 is 5.91. The van der Waals surface area contributed by atoms with Gasteiger partial charge in [0.1, 0.15) is 10.8 Å². The lowest BCUT2D eigenvalue weighted by Crippen LogP contribution is -2.50. The maximum absolute atomic E-state index is 12.7. The molecule has 130 valence electrons. The number of piperidine rings is 1. The van der Waals surface area contributed by atoms with Gasteiger partial charge in [-0.15, -0.1) is 0 Å². The van der Waals surface area contributed by atoms with E-state index < -0.39 is 0 Å². The highest BCUT2D eigenvalue weighted by Crippen LogP contribution is 2.37. The lowest BCUT2D eigenvalue weighted by Gasteiger charge is -2.39. The molecule has 24 heavy (non-hydrogen) atoms. The molecule has 1 aromatic rings. The summed E-state index contributed by atoms with van der Waals surface area (Å²) < 4.78 is 12.1. The molecular formula is C18H23ClN2O3. The second-order valence-corrected chi connectivity index (χ2v) is 7.66. The van der Waals surface area contributed by atoms with E-state index in [1.165, 1.54) is 12.8 Å². The number of ether oxygens (including phenoxy) is 2. The van der Waals surface area contributed by atoms with Crippen molar-refractivity contribution in [2.75, 3.05) is 26.3 Å². The summed E-state index contributed by atoms with van der Waals surface area (Å²) in [4.78, 5) is 18.7. The van der Waals surface area contributed by atoms with Crippen LogP contribution in [0.4, 0.5) is 0 Å². The van der Waals surface area contributed by atoms with Crippen molar-refractivity contribution >= 4 is 17.5 Å². The fraction of sp³-hybridized carbons (Fsp3) is 0.667. The Labute approximate surface area is 147 Å². The first-order valence-electron chi connectivity index (χ1n) is 8.81. The van der Waals surface area contributed by atoms with E-state index in [2.05, 4.69) is 4.98 Å². The van der Waals surface area contributed by atoms with E-state index in [1.54, 1.807) is 18.2 Å². The van der Waals surface area contributed by atoms with Crippen molar-refractivity contribution in [3.8, 4) is 0 Å². The summed E-state index contributed by atoms with van der Waals surface area (Å²) in [7, 11) is 0. The molecule has 2 aliphatic heterocycles. The van der Waals surface area contributed by atoms with Gasteiger partial charge in [0.25, 0.3) is 5.91 Å². The molecule has 1 spiro atoms. The minimum atomic E-state index is -0.249. The van der Waals surface area contributed by atoms with Crippen molar-refractivity contribution in [2.24, 2.45) is 5.92 Å². The van der Waals surface area contributed by atoms with E-state index in [9.17, 15) is 4.79 Å². The Balaban J connectivity index is 1.39. The number of carbonyl (C=O) groups is 1. The number of carbonyl (C=O) groups excluding carboxylic acids is 1. The number of rotatable bonds is 4. The molecule has 4 rings (SSSR count). The summed E-state index contributed by atoms with van der Waals surface area (Å²) in [5.41, 5.74) is 0.153. The number of nitrogens with zero attached hydrogens (tertiary/aromatic N) is 2. The largest absolute Gasteiger partial charge is 0.375 e. The fourth-order valence-electron chi connectivity index (χ4n) is 3.71. The third kappa shape index (κ3) is 3.58. The van der Waals surface area contributed by atoms with Crippen molar-refractivity contribution in [1.82, 2.24) is 9.88 Å². The molecule has 1 aromatic heterocycles. The molecule has 0 aromatic carbocycles. The Kier molecular flexibility index (Phi) is 4.50. The van der Waals surface area contributed by atoms with Gasteiger partial charge >= 0.3 is 0 Å². The van der Waals surface area contributed by atoms with Gasteiger partial charge in [-0.3, -0.25) is 4.79 Å². The number of hydrogen-bond acceptors (Lipinski definition) is 4. The molecule has 3 heterocycles. The molecule has 3 aliphatic rings. The van der Waals surface area contributed by atoms with Crippen LogP contribution in [-0.2, 0) is 9.47 Å². The average molecular weight is 351 g/mol. The lowest BCUT2D eigenvalue weighted by molar-refractivity contribution is -0.0466. The Hall–Kier alpha value is -1.17. The van der Waals surface area contributed by atoms with Crippen LogP contribution in [0.1, 0.15) is 42.6 Å². The normalized spacial score (nSPS) is 30.0. The standard InChI is InChI=1S/C18H23ClN2O3/c19-16-4-1-3-15(20-16)17(22)21-8-2-7-18(12-21)9-14(11-24-18)23-10-13-5-6-13/h1,3-4,13-14H,2,5-12H2/t14-,18-/m1/s1. The number of likely N-dealkylation sites (tertiary alicyclic amines) is 1. The molecule has 1 saturated carbocycles. The molecule has 1 aliphatic carbocycles. The van der Waals surface area contributed by atoms with Gasteiger partial charge in [0.2, 0.25) is 0 Å². The average Bonchev–Trinajstić information content (AvgIpc) is 3.35. The van der Waals surface area contributed by atoms with Gasteiger partial charge in [-0.05, 0) is 43.7 Å². The Morgan fingerprint density at radius 3 is 3.12 bits per heavy atom. The molecular weight excluding hydrogens is 328 g/mol. The number of halogens is 1. The van der Waals surface area contributed by atoms with E-state index in [1.807, 2.05) is 4.90 Å². The van der Waals surface area contributed by atoms with Gasteiger partial charge < -0.3 is 14.4 Å². The van der Waals surface area contributed by atoms with Crippen LogP contribution in [0.2, 0.25) is 5.15 Å². The predicted octanol–water partition coefficient (Wildman–Crippen LogP) is 2.93. The van der Waals surface area contributed by atoms with E-state index in [4.69, 9.17) is 21.1 Å². The van der Waals surface area contributed by atoms with Gasteiger partial charge in [0.15, 0.2) is 0 Å². The Morgan fingerprint density at radius 1 is 1.46 bits per heavy atom. The number of amides is 1. The zero-order chi connectivity index (χ0) is 16.6. The first-order chi connectivity index (χ1) is 11.6. The molecule has 2 saturated heterocycles. The summed E-state index contributed by atoms with van der Waals surface area (Å²) in [6.45, 7) is 2.86. The van der Waals surface area contributed by atoms with Crippen LogP contribution in [0.15, 0.2) is 18.2 Å². The summed E-state index contributed by atoms with van der Waals surface area (Å²) in [5, 5.41) is 0.346. The molecule has 0 N–H and O–H groups in total.